The van der Waals surface area contributed by atoms with Gasteiger partial charge >= 0.3 is 0 Å². The number of benzene rings is 2. The van der Waals surface area contributed by atoms with Crippen molar-refractivity contribution < 1.29 is 18.9 Å². The first-order valence-corrected chi connectivity index (χ1v) is 8.47. The van der Waals surface area contributed by atoms with Crippen LogP contribution >= 0.6 is 0 Å². The highest BCUT2D eigenvalue weighted by molar-refractivity contribution is 5.81. The third kappa shape index (κ3) is 4.27. The number of hydrogen-bond donors (Lipinski definition) is 0. The van der Waals surface area contributed by atoms with Gasteiger partial charge in [0.05, 0.1) is 27.4 Å². The fourth-order valence-electron chi connectivity index (χ4n) is 2.73. The lowest BCUT2D eigenvalue weighted by Crippen LogP contribution is -1.98. The van der Waals surface area contributed by atoms with E-state index in [2.05, 4.69) is 6.08 Å². The van der Waals surface area contributed by atoms with Crippen molar-refractivity contribution in [3.63, 3.8) is 0 Å². The summed E-state index contributed by atoms with van der Waals surface area (Å²) in [6, 6.07) is 11.9. The quantitative estimate of drug-likeness (QED) is 0.680. The second-order valence-electron chi connectivity index (χ2n) is 5.30. The Morgan fingerprint density at radius 3 is 1.52 bits per heavy atom. The molecule has 0 aromatic heterocycles. The van der Waals surface area contributed by atoms with Crippen LogP contribution in [-0.4, -0.2) is 27.4 Å². The van der Waals surface area contributed by atoms with Crippen molar-refractivity contribution in [2.75, 3.05) is 27.4 Å². The predicted molar refractivity (Wildman–Crippen MR) is 101 cm³/mol. The summed E-state index contributed by atoms with van der Waals surface area (Å²) in [6.45, 7) is 7.11. The molecular weight excluding hydrogens is 316 g/mol. The van der Waals surface area contributed by atoms with E-state index in [1.165, 1.54) is 0 Å². The van der Waals surface area contributed by atoms with Crippen molar-refractivity contribution in [1.82, 2.24) is 0 Å². The van der Waals surface area contributed by atoms with E-state index in [0.717, 1.165) is 39.7 Å². The molecule has 2 aromatic carbocycles. The van der Waals surface area contributed by atoms with E-state index in [1.807, 2.05) is 57.2 Å². The molecule has 0 heterocycles. The van der Waals surface area contributed by atoms with E-state index in [9.17, 15) is 0 Å². The second kappa shape index (κ2) is 9.02. The molecule has 0 spiro atoms. The summed E-state index contributed by atoms with van der Waals surface area (Å²) in [6.07, 6.45) is 2.08. The minimum atomic E-state index is 0.585. The summed E-state index contributed by atoms with van der Waals surface area (Å²) < 4.78 is 22.1. The van der Waals surface area contributed by atoms with E-state index < -0.39 is 0 Å². The number of methoxy groups -OCH3 is 2. The van der Waals surface area contributed by atoms with Gasteiger partial charge in [-0.25, -0.2) is 0 Å². The summed E-state index contributed by atoms with van der Waals surface area (Å²) in [5, 5.41) is 0. The number of rotatable bonds is 8. The molecule has 2 rings (SSSR count). The first-order valence-electron chi connectivity index (χ1n) is 8.47. The Bertz CT molecular complexity index is 675. The Labute approximate surface area is 150 Å². The molecule has 2 aromatic rings. The van der Waals surface area contributed by atoms with Crippen LogP contribution in [0.3, 0.4) is 0 Å². The molecule has 0 aliphatic rings. The van der Waals surface area contributed by atoms with Crippen LogP contribution in [0, 0.1) is 0 Å². The summed E-state index contributed by atoms with van der Waals surface area (Å²) in [5.74, 6) is 2.93. The van der Waals surface area contributed by atoms with Crippen LogP contribution in [-0.2, 0) is 0 Å². The lowest BCUT2D eigenvalue weighted by atomic mass is 9.97. The molecule has 25 heavy (non-hydrogen) atoms. The van der Waals surface area contributed by atoms with Crippen molar-refractivity contribution in [2.24, 2.45) is 0 Å². The van der Waals surface area contributed by atoms with Crippen LogP contribution in [0.2, 0.25) is 0 Å². The molecule has 0 atom stereocenters. The molecular formula is C21H26O4. The molecule has 0 saturated heterocycles. The summed E-state index contributed by atoms with van der Waals surface area (Å²) in [4.78, 5) is 0. The normalized spacial score (nSPS) is 10.1. The summed E-state index contributed by atoms with van der Waals surface area (Å²) >= 11 is 0. The van der Waals surface area contributed by atoms with Gasteiger partial charge in [0.25, 0.3) is 0 Å². The topological polar surface area (TPSA) is 36.9 Å². The van der Waals surface area contributed by atoms with E-state index in [0.29, 0.717) is 13.2 Å². The van der Waals surface area contributed by atoms with Crippen molar-refractivity contribution in [3.05, 3.63) is 53.6 Å². The molecule has 0 aliphatic heterocycles. The molecule has 0 unspecified atom stereocenters. The molecule has 0 bridgehead atoms. The molecule has 4 nitrogen and oxygen atoms in total. The zero-order chi connectivity index (χ0) is 18.2. The first-order chi connectivity index (χ1) is 12.2. The maximum absolute atomic E-state index is 5.70. The van der Waals surface area contributed by atoms with Crippen molar-refractivity contribution >= 4 is 5.57 Å². The fourth-order valence-corrected chi connectivity index (χ4v) is 2.73. The third-order valence-corrected chi connectivity index (χ3v) is 3.84. The van der Waals surface area contributed by atoms with Gasteiger partial charge in [0.15, 0.2) is 23.0 Å². The van der Waals surface area contributed by atoms with Gasteiger partial charge in [-0.2, -0.15) is 0 Å². The predicted octanol–water partition coefficient (Wildman–Crippen LogP) is 4.95. The Morgan fingerprint density at radius 1 is 0.760 bits per heavy atom. The SMILES string of the molecule is CC=C(c1ccc(OC)c(OCC)c1)c1ccc(OC)c(OCC)c1. The minimum absolute atomic E-state index is 0.585. The Hall–Kier alpha value is -2.62. The van der Waals surface area contributed by atoms with Gasteiger partial charge in [0.2, 0.25) is 0 Å². The maximum Gasteiger partial charge on any atom is 0.161 e. The molecule has 0 radical (unpaired) electrons. The second-order valence-corrected chi connectivity index (χ2v) is 5.30. The Balaban J connectivity index is 2.46. The van der Waals surface area contributed by atoms with Gasteiger partial charge in [-0.3, -0.25) is 0 Å². The van der Waals surface area contributed by atoms with Gasteiger partial charge in [-0.05, 0) is 61.7 Å². The molecule has 0 aliphatic carbocycles. The maximum atomic E-state index is 5.70. The van der Waals surface area contributed by atoms with Crippen molar-refractivity contribution in [1.29, 1.82) is 0 Å². The van der Waals surface area contributed by atoms with Crippen molar-refractivity contribution in [2.45, 2.75) is 20.8 Å². The van der Waals surface area contributed by atoms with Crippen LogP contribution in [0.15, 0.2) is 42.5 Å². The number of hydrogen-bond acceptors (Lipinski definition) is 4. The summed E-state index contributed by atoms with van der Waals surface area (Å²) in [5.41, 5.74) is 3.20. The van der Waals surface area contributed by atoms with Crippen LogP contribution in [0.5, 0.6) is 23.0 Å². The van der Waals surface area contributed by atoms with Crippen LogP contribution < -0.4 is 18.9 Å². The molecule has 0 fully saturated rings. The van der Waals surface area contributed by atoms with Crippen molar-refractivity contribution in [3.8, 4) is 23.0 Å². The third-order valence-electron chi connectivity index (χ3n) is 3.84. The average molecular weight is 342 g/mol. The van der Waals surface area contributed by atoms with Gasteiger partial charge < -0.3 is 18.9 Å². The Morgan fingerprint density at radius 2 is 1.20 bits per heavy atom. The minimum Gasteiger partial charge on any atom is -0.493 e. The lowest BCUT2D eigenvalue weighted by molar-refractivity contribution is 0.310. The molecule has 0 saturated carbocycles. The number of ether oxygens (including phenoxy) is 4. The van der Waals surface area contributed by atoms with Gasteiger partial charge in [0.1, 0.15) is 0 Å². The highest BCUT2D eigenvalue weighted by Gasteiger charge is 2.12. The van der Waals surface area contributed by atoms with E-state index in [-0.39, 0.29) is 0 Å². The Kier molecular flexibility index (Phi) is 6.75. The van der Waals surface area contributed by atoms with Gasteiger partial charge in [-0.15, -0.1) is 0 Å². The highest BCUT2D eigenvalue weighted by atomic mass is 16.5. The summed E-state index contributed by atoms with van der Waals surface area (Å²) in [7, 11) is 3.29. The lowest BCUT2D eigenvalue weighted by Gasteiger charge is -2.15. The first kappa shape index (κ1) is 18.7. The smallest absolute Gasteiger partial charge is 0.161 e. The highest BCUT2D eigenvalue weighted by Crippen LogP contribution is 2.36. The van der Waals surface area contributed by atoms with Crippen LogP contribution in [0.25, 0.3) is 5.57 Å². The zero-order valence-electron chi connectivity index (χ0n) is 15.6. The van der Waals surface area contributed by atoms with E-state index in [1.54, 1.807) is 14.2 Å². The average Bonchev–Trinajstić information content (AvgIpc) is 2.63. The van der Waals surface area contributed by atoms with Crippen LogP contribution in [0.1, 0.15) is 31.9 Å². The molecule has 4 heteroatoms. The van der Waals surface area contributed by atoms with E-state index >= 15 is 0 Å². The fraction of sp³-hybridized carbons (Fsp3) is 0.333. The largest absolute Gasteiger partial charge is 0.493 e. The standard InChI is InChI=1S/C21H26O4/c1-6-17(15-9-11-18(22-4)20(13-15)24-7-2)16-10-12-19(23-5)21(14-16)25-8-3/h6,9-14H,7-8H2,1-5H3. The molecule has 0 N–H and O–H groups in total. The van der Waals surface area contributed by atoms with Gasteiger partial charge in [0, 0.05) is 0 Å². The van der Waals surface area contributed by atoms with Crippen LogP contribution in [0.4, 0.5) is 0 Å². The zero-order valence-corrected chi connectivity index (χ0v) is 15.6. The monoisotopic (exact) mass is 342 g/mol. The number of allylic oxidation sites excluding steroid dienone is 1. The van der Waals surface area contributed by atoms with Gasteiger partial charge in [-0.1, -0.05) is 18.2 Å². The van der Waals surface area contributed by atoms with E-state index in [4.69, 9.17) is 18.9 Å². The molecule has 0 amide bonds. The molecule has 134 valence electrons.